The minimum absolute atomic E-state index is 0.696. The molecule has 4 heteroatoms. The van der Waals surface area contributed by atoms with Gasteiger partial charge in [0.15, 0.2) is 0 Å². The average molecular weight is 238 g/mol. The van der Waals surface area contributed by atoms with E-state index in [1.807, 2.05) is 31.2 Å². The fourth-order valence-electron chi connectivity index (χ4n) is 1.46. The van der Waals surface area contributed by atoms with E-state index in [0.29, 0.717) is 6.61 Å². The Balaban J connectivity index is 2.19. The van der Waals surface area contributed by atoms with E-state index in [4.69, 9.17) is 9.47 Å². The number of rotatable bonds is 9. The lowest BCUT2D eigenvalue weighted by molar-refractivity contribution is 0.200. The lowest BCUT2D eigenvalue weighted by atomic mass is 10.3. The molecule has 0 aliphatic carbocycles. The molecule has 0 fully saturated rings. The molecule has 0 saturated heterocycles. The Hall–Kier alpha value is -1.26. The van der Waals surface area contributed by atoms with Crippen molar-refractivity contribution in [2.75, 3.05) is 45.3 Å². The van der Waals surface area contributed by atoms with E-state index >= 15 is 0 Å². The zero-order valence-electron chi connectivity index (χ0n) is 10.7. The van der Waals surface area contributed by atoms with Gasteiger partial charge in [-0.1, -0.05) is 6.07 Å². The summed E-state index contributed by atoms with van der Waals surface area (Å²) in [6, 6.07) is 8.01. The van der Waals surface area contributed by atoms with Crippen molar-refractivity contribution in [3.05, 3.63) is 24.3 Å². The standard InChI is InChI=1S/C13H22N2O2/c1-3-17-13-6-4-5-12(11-13)15-8-7-14-9-10-16-2/h4-6,11,14-15H,3,7-10H2,1-2H3. The highest BCUT2D eigenvalue weighted by Gasteiger charge is 1.95. The Kier molecular flexibility index (Phi) is 7.18. The molecule has 0 saturated carbocycles. The van der Waals surface area contributed by atoms with Crippen LogP contribution < -0.4 is 15.4 Å². The first-order chi connectivity index (χ1) is 8.36. The minimum Gasteiger partial charge on any atom is -0.494 e. The van der Waals surface area contributed by atoms with E-state index in [1.54, 1.807) is 7.11 Å². The van der Waals surface area contributed by atoms with Crippen LogP contribution in [0.4, 0.5) is 5.69 Å². The van der Waals surface area contributed by atoms with Crippen LogP contribution in [-0.2, 0) is 4.74 Å². The first-order valence-corrected chi connectivity index (χ1v) is 6.03. The van der Waals surface area contributed by atoms with Gasteiger partial charge < -0.3 is 20.1 Å². The van der Waals surface area contributed by atoms with Crippen molar-refractivity contribution in [1.82, 2.24) is 5.32 Å². The van der Waals surface area contributed by atoms with Gasteiger partial charge in [0, 0.05) is 38.5 Å². The van der Waals surface area contributed by atoms with Crippen LogP contribution in [0.1, 0.15) is 6.92 Å². The number of hydrogen-bond donors (Lipinski definition) is 2. The average Bonchev–Trinajstić information content (AvgIpc) is 2.35. The van der Waals surface area contributed by atoms with Gasteiger partial charge in [0.1, 0.15) is 5.75 Å². The number of hydrogen-bond acceptors (Lipinski definition) is 4. The van der Waals surface area contributed by atoms with Crippen LogP contribution in [0.25, 0.3) is 0 Å². The van der Waals surface area contributed by atoms with Crippen LogP contribution in [0.15, 0.2) is 24.3 Å². The Morgan fingerprint density at radius 2 is 2.06 bits per heavy atom. The fraction of sp³-hybridized carbons (Fsp3) is 0.538. The Labute approximate surface area is 103 Å². The number of ether oxygens (including phenoxy) is 2. The summed E-state index contributed by atoms with van der Waals surface area (Å²) in [5.41, 5.74) is 1.09. The summed E-state index contributed by atoms with van der Waals surface area (Å²) in [5, 5.41) is 6.61. The molecule has 0 heterocycles. The van der Waals surface area contributed by atoms with Gasteiger partial charge in [0.25, 0.3) is 0 Å². The van der Waals surface area contributed by atoms with E-state index in [9.17, 15) is 0 Å². The van der Waals surface area contributed by atoms with Gasteiger partial charge in [-0.15, -0.1) is 0 Å². The van der Waals surface area contributed by atoms with Crippen molar-refractivity contribution >= 4 is 5.69 Å². The molecule has 0 amide bonds. The van der Waals surface area contributed by atoms with E-state index in [-0.39, 0.29) is 0 Å². The van der Waals surface area contributed by atoms with Crippen molar-refractivity contribution in [3.63, 3.8) is 0 Å². The van der Waals surface area contributed by atoms with Gasteiger partial charge in [-0.2, -0.15) is 0 Å². The first kappa shape index (κ1) is 13.8. The first-order valence-electron chi connectivity index (χ1n) is 6.03. The predicted octanol–water partition coefficient (Wildman–Crippen LogP) is 1.73. The topological polar surface area (TPSA) is 42.5 Å². The highest BCUT2D eigenvalue weighted by Crippen LogP contribution is 2.16. The van der Waals surface area contributed by atoms with E-state index in [0.717, 1.165) is 37.7 Å². The van der Waals surface area contributed by atoms with Gasteiger partial charge in [-0.25, -0.2) is 0 Å². The third kappa shape index (κ3) is 6.14. The van der Waals surface area contributed by atoms with Crippen molar-refractivity contribution in [1.29, 1.82) is 0 Å². The summed E-state index contributed by atoms with van der Waals surface area (Å²) in [6.07, 6.45) is 0. The zero-order valence-corrected chi connectivity index (χ0v) is 10.7. The second-order valence-corrected chi connectivity index (χ2v) is 3.63. The number of nitrogens with one attached hydrogen (secondary N) is 2. The molecule has 96 valence electrons. The molecule has 0 aliphatic rings. The maximum absolute atomic E-state index is 5.43. The number of anilines is 1. The van der Waals surface area contributed by atoms with Crippen molar-refractivity contribution < 1.29 is 9.47 Å². The largest absolute Gasteiger partial charge is 0.494 e. The van der Waals surface area contributed by atoms with Gasteiger partial charge in [0.05, 0.1) is 13.2 Å². The van der Waals surface area contributed by atoms with E-state index < -0.39 is 0 Å². The van der Waals surface area contributed by atoms with Crippen LogP contribution in [-0.4, -0.2) is 40.0 Å². The monoisotopic (exact) mass is 238 g/mol. The molecule has 0 spiro atoms. The molecule has 0 unspecified atom stereocenters. The molecule has 2 N–H and O–H groups in total. The molecule has 0 aliphatic heterocycles. The third-order valence-electron chi connectivity index (χ3n) is 2.26. The Bertz CT molecular complexity index is 305. The summed E-state index contributed by atoms with van der Waals surface area (Å²) in [7, 11) is 1.71. The van der Waals surface area contributed by atoms with Gasteiger partial charge in [-0.3, -0.25) is 0 Å². The molecule has 1 aromatic carbocycles. The SMILES string of the molecule is CCOc1cccc(NCCNCCOC)c1. The van der Waals surface area contributed by atoms with Crippen LogP contribution in [0.2, 0.25) is 0 Å². The molecule has 4 nitrogen and oxygen atoms in total. The summed E-state index contributed by atoms with van der Waals surface area (Å²) in [4.78, 5) is 0. The summed E-state index contributed by atoms with van der Waals surface area (Å²) < 4.78 is 10.4. The second-order valence-electron chi connectivity index (χ2n) is 3.63. The molecular weight excluding hydrogens is 216 g/mol. The Morgan fingerprint density at radius 1 is 1.18 bits per heavy atom. The molecular formula is C13H22N2O2. The van der Waals surface area contributed by atoms with Gasteiger partial charge in [-0.05, 0) is 19.1 Å². The lowest BCUT2D eigenvalue weighted by Crippen LogP contribution is -2.25. The smallest absolute Gasteiger partial charge is 0.121 e. The normalized spacial score (nSPS) is 10.2. The maximum atomic E-state index is 5.43. The highest BCUT2D eigenvalue weighted by atomic mass is 16.5. The molecule has 0 radical (unpaired) electrons. The van der Waals surface area contributed by atoms with Crippen molar-refractivity contribution in [2.24, 2.45) is 0 Å². The third-order valence-corrected chi connectivity index (χ3v) is 2.26. The molecule has 0 bridgehead atoms. The molecule has 1 aromatic rings. The van der Waals surface area contributed by atoms with Gasteiger partial charge in [0.2, 0.25) is 0 Å². The van der Waals surface area contributed by atoms with Crippen LogP contribution >= 0.6 is 0 Å². The number of benzene rings is 1. The number of methoxy groups -OCH3 is 1. The second kappa shape index (κ2) is 8.84. The van der Waals surface area contributed by atoms with Crippen molar-refractivity contribution in [2.45, 2.75) is 6.92 Å². The lowest BCUT2D eigenvalue weighted by Gasteiger charge is -2.09. The summed E-state index contributed by atoms with van der Waals surface area (Å²) in [6.45, 7) is 6.13. The fourth-order valence-corrected chi connectivity index (χ4v) is 1.46. The minimum atomic E-state index is 0.696. The van der Waals surface area contributed by atoms with Crippen LogP contribution in [0.3, 0.4) is 0 Å². The molecule has 1 rings (SSSR count). The summed E-state index contributed by atoms with van der Waals surface area (Å²) >= 11 is 0. The molecule has 17 heavy (non-hydrogen) atoms. The summed E-state index contributed by atoms with van der Waals surface area (Å²) in [5.74, 6) is 0.907. The predicted molar refractivity (Wildman–Crippen MR) is 70.8 cm³/mol. The Morgan fingerprint density at radius 3 is 2.82 bits per heavy atom. The quantitative estimate of drug-likeness (QED) is 0.643. The highest BCUT2D eigenvalue weighted by molar-refractivity contribution is 5.48. The van der Waals surface area contributed by atoms with Crippen LogP contribution in [0.5, 0.6) is 5.75 Å². The maximum Gasteiger partial charge on any atom is 0.121 e. The molecule has 0 atom stereocenters. The van der Waals surface area contributed by atoms with Crippen molar-refractivity contribution in [3.8, 4) is 5.75 Å². The molecule has 0 aromatic heterocycles. The zero-order chi connectivity index (χ0) is 12.3. The van der Waals surface area contributed by atoms with E-state index in [1.165, 1.54) is 0 Å². The van der Waals surface area contributed by atoms with E-state index in [2.05, 4.69) is 10.6 Å². The van der Waals surface area contributed by atoms with Crippen LogP contribution in [0, 0.1) is 0 Å². The van der Waals surface area contributed by atoms with Gasteiger partial charge >= 0.3 is 0 Å².